The standard InChI is InChI=1S/2C8H8BrNO2.Zn/c2*1-2-5-3-4-10-7(6(5)9)8(11)12;/h2*3-4H,2H2,1H3,(H,11,12);/q;;+2/p-2. The smallest absolute Gasteiger partial charge is 0.543 e. The molecule has 0 aliphatic heterocycles. The van der Waals surface area contributed by atoms with Gasteiger partial charge < -0.3 is 19.8 Å². The van der Waals surface area contributed by atoms with Gasteiger partial charge in [-0.1, -0.05) is 13.8 Å². The van der Waals surface area contributed by atoms with Gasteiger partial charge in [0.2, 0.25) is 0 Å². The summed E-state index contributed by atoms with van der Waals surface area (Å²) in [5.41, 5.74) is 1.78. The molecule has 25 heavy (non-hydrogen) atoms. The van der Waals surface area contributed by atoms with Crippen molar-refractivity contribution in [2.75, 3.05) is 0 Å². The Bertz CT molecular complexity index is 693. The minimum atomic E-state index is -1.25. The Morgan fingerprint density at radius 3 is 1.44 bits per heavy atom. The molecule has 0 amide bonds. The minimum absolute atomic E-state index is 0. The SMILES string of the molecule is CCc1ccnc(C(=O)[O-])c1Br.CCc1ccnc(C(=O)[O-])c1Br.[Zn+2]. The van der Waals surface area contributed by atoms with Crippen molar-refractivity contribution >= 4 is 43.8 Å². The average Bonchev–Trinajstić information content (AvgIpc) is 2.55. The van der Waals surface area contributed by atoms with Gasteiger partial charge in [0.15, 0.2) is 0 Å². The second-order valence-electron chi connectivity index (χ2n) is 4.55. The molecule has 0 aliphatic carbocycles. The maximum Gasteiger partial charge on any atom is 2.00 e. The average molecular weight is 523 g/mol. The summed E-state index contributed by atoms with van der Waals surface area (Å²) in [5.74, 6) is -2.51. The Morgan fingerprint density at radius 2 is 1.20 bits per heavy atom. The number of aryl methyl sites for hydroxylation is 2. The number of carbonyl (C=O) groups is 2. The Labute approximate surface area is 175 Å². The predicted molar refractivity (Wildman–Crippen MR) is 91.3 cm³/mol. The van der Waals surface area contributed by atoms with E-state index in [2.05, 4.69) is 41.8 Å². The number of aromatic nitrogens is 2. The molecule has 0 radical (unpaired) electrons. The summed E-state index contributed by atoms with van der Waals surface area (Å²) in [7, 11) is 0. The van der Waals surface area contributed by atoms with Crippen molar-refractivity contribution in [2.24, 2.45) is 0 Å². The largest absolute Gasteiger partial charge is 2.00 e. The first-order valence-corrected chi connectivity index (χ1v) is 8.61. The molecular formula is C16H14Br2N2O4Zn. The molecule has 0 fully saturated rings. The summed E-state index contributed by atoms with van der Waals surface area (Å²) in [6, 6.07) is 3.55. The van der Waals surface area contributed by atoms with Crippen LogP contribution < -0.4 is 10.2 Å². The normalized spacial score (nSPS) is 9.44. The van der Waals surface area contributed by atoms with E-state index in [1.807, 2.05) is 13.8 Å². The van der Waals surface area contributed by atoms with E-state index in [1.165, 1.54) is 12.4 Å². The van der Waals surface area contributed by atoms with Crippen LogP contribution in [0.1, 0.15) is 46.0 Å². The summed E-state index contributed by atoms with van der Waals surface area (Å²) >= 11 is 6.32. The Kier molecular flexibility index (Phi) is 10.9. The zero-order valence-electron chi connectivity index (χ0n) is 13.7. The number of carbonyl (C=O) groups excluding carboxylic acids is 2. The van der Waals surface area contributed by atoms with E-state index in [-0.39, 0.29) is 30.9 Å². The molecule has 0 N–H and O–H groups in total. The van der Waals surface area contributed by atoms with E-state index in [0.29, 0.717) is 8.95 Å². The molecule has 2 rings (SSSR count). The molecule has 0 aromatic carbocycles. The molecule has 2 aromatic rings. The van der Waals surface area contributed by atoms with E-state index in [0.717, 1.165) is 24.0 Å². The second-order valence-corrected chi connectivity index (χ2v) is 6.13. The zero-order valence-corrected chi connectivity index (χ0v) is 19.9. The number of pyridine rings is 2. The molecule has 0 bridgehead atoms. The summed E-state index contributed by atoms with van der Waals surface area (Å²) in [4.78, 5) is 28.3. The fourth-order valence-electron chi connectivity index (χ4n) is 1.80. The number of hydrogen-bond donors (Lipinski definition) is 0. The third-order valence-electron chi connectivity index (χ3n) is 3.09. The maximum atomic E-state index is 10.5. The van der Waals surface area contributed by atoms with Gasteiger partial charge in [0.1, 0.15) is 11.4 Å². The van der Waals surface area contributed by atoms with Crippen LogP contribution in [-0.2, 0) is 32.3 Å². The van der Waals surface area contributed by atoms with Crippen LogP contribution in [0.3, 0.4) is 0 Å². The first-order valence-electron chi connectivity index (χ1n) is 7.02. The number of halogens is 2. The van der Waals surface area contributed by atoms with Crippen LogP contribution in [0.5, 0.6) is 0 Å². The van der Waals surface area contributed by atoms with Crippen molar-refractivity contribution in [2.45, 2.75) is 26.7 Å². The fraction of sp³-hybridized carbons (Fsp3) is 0.250. The Morgan fingerprint density at radius 1 is 0.880 bits per heavy atom. The van der Waals surface area contributed by atoms with E-state index >= 15 is 0 Å². The van der Waals surface area contributed by atoms with E-state index < -0.39 is 11.9 Å². The number of nitrogens with zero attached hydrogens (tertiary/aromatic N) is 2. The quantitative estimate of drug-likeness (QED) is 0.563. The van der Waals surface area contributed by atoms with Crippen molar-refractivity contribution in [3.8, 4) is 0 Å². The third kappa shape index (κ3) is 6.57. The summed E-state index contributed by atoms with van der Waals surface area (Å²) < 4.78 is 1.04. The van der Waals surface area contributed by atoms with Gasteiger partial charge in [0, 0.05) is 21.3 Å². The zero-order chi connectivity index (χ0) is 18.3. The molecule has 0 saturated carbocycles. The van der Waals surface area contributed by atoms with Gasteiger partial charge in [-0.05, 0) is 68.0 Å². The molecule has 0 unspecified atom stereocenters. The first-order chi connectivity index (χ1) is 11.3. The topological polar surface area (TPSA) is 106 Å². The van der Waals surface area contributed by atoms with Crippen LogP contribution in [0.4, 0.5) is 0 Å². The molecule has 9 heteroatoms. The molecule has 128 valence electrons. The van der Waals surface area contributed by atoms with Crippen molar-refractivity contribution in [3.63, 3.8) is 0 Å². The monoisotopic (exact) mass is 520 g/mol. The molecule has 0 atom stereocenters. The summed E-state index contributed by atoms with van der Waals surface area (Å²) in [6.07, 6.45) is 4.47. The molecular weight excluding hydrogens is 509 g/mol. The Balaban J connectivity index is 0.000000443. The number of carboxylic acid groups (broad SMARTS) is 2. The molecule has 2 aromatic heterocycles. The number of hydrogen-bond acceptors (Lipinski definition) is 6. The number of rotatable bonds is 4. The molecule has 2 heterocycles. The van der Waals surface area contributed by atoms with Gasteiger partial charge >= 0.3 is 19.5 Å². The van der Waals surface area contributed by atoms with Gasteiger partial charge in [-0.2, -0.15) is 0 Å². The molecule has 0 saturated heterocycles. The van der Waals surface area contributed by atoms with Gasteiger partial charge in [0.05, 0.1) is 11.9 Å². The molecule has 6 nitrogen and oxygen atoms in total. The van der Waals surface area contributed by atoms with E-state index in [9.17, 15) is 19.8 Å². The number of carboxylic acids is 2. The summed E-state index contributed by atoms with van der Waals surface area (Å²) in [5, 5.41) is 21.0. The maximum absolute atomic E-state index is 10.5. The van der Waals surface area contributed by atoms with E-state index in [1.54, 1.807) is 12.1 Å². The van der Waals surface area contributed by atoms with Crippen LogP contribution in [0.2, 0.25) is 0 Å². The number of aromatic carboxylic acids is 2. The van der Waals surface area contributed by atoms with Crippen LogP contribution in [0.25, 0.3) is 0 Å². The van der Waals surface area contributed by atoms with Gasteiger partial charge in [-0.15, -0.1) is 0 Å². The second kappa shape index (κ2) is 11.4. The van der Waals surface area contributed by atoms with Crippen LogP contribution in [-0.4, -0.2) is 21.9 Å². The first kappa shape index (κ1) is 23.8. The van der Waals surface area contributed by atoms with Crippen LogP contribution in [0.15, 0.2) is 33.5 Å². The van der Waals surface area contributed by atoms with Crippen molar-refractivity contribution in [1.82, 2.24) is 9.97 Å². The van der Waals surface area contributed by atoms with Gasteiger partial charge in [-0.25, -0.2) is 0 Å². The fourth-order valence-corrected chi connectivity index (χ4v) is 3.15. The third-order valence-corrected chi connectivity index (χ3v) is 4.86. The van der Waals surface area contributed by atoms with Crippen LogP contribution in [0, 0.1) is 0 Å². The summed E-state index contributed by atoms with van der Waals surface area (Å²) in [6.45, 7) is 3.89. The van der Waals surface area contributed by atoms with Crippen molar-refractivity contribution in [3.05, 3.63) is 56.0 Å². The van der Waals surface area contributed by atoms with Crippen molar-refractivity contribution in [1.29, 1.82) is 0 Å². The molecule has 0 aliphatic rings. The van der Waals surface area contributed by atoms with Gasteiger partial charge in [-0.3, -0.25) is 9.97 Å². The van der Waals surface area contributed by atoms with E-state index in [4.69, 9.17) is 0 Å². The van der Waals surface area contributed by atoms with Crippen molar-refractivity contribution < 1.29 is 39.3 Å². The predicted octanol–water partition coefficient (Wildman–Crippen LogP) is 1.54. The molecule has 0 spiro atoms. The Hall–Kier alpha value is -1.18. The van der Waals surface area contributed by atoms with Crippen LogP contribution >= 0.6 is 31.9 Å². The van der Waals surface area contributed by atoms with Gasteiger partial charge in [0.25, 0.3) is 0 Å². The minimum Gasteiger partial charge on any atom is -0.543 e.